The van der Waals surface area contributed by atoms with E-state index in [2.05, 4.69) is 22.7 Å². The molecule has 4 N–H and O–H groups in total. The van der Waals surface area contributed by atoms with E-state index in [0.29, 0.717) is 12.4 Å². The van der Waals surface area contributed by atoms with E-state index >= 15 is 0 Å². The van der Waals surface area contributed by atoms with Gasteiger partial charge in [0.1, 0.15) is 5.82 Å². The lowest BCUT2D eigenvalue weighted by atomic mass is 10.1. The summed E-state index contributed by atoms with van der Waals surface area (Å²) in [6, 6.07) is 0.237. The van der Waals surface area contributed by atoms with E-state index in [1.54, 1.807) is 4.68 Å². The zero-order chi connectivity index (χ0) is 15.5. The fourth-order valence-corrected chi connectivity index (χ4v) is 3.49. The Labute approximate surface area is 126 Å². The summed E-state index contributed by atoms with van der Waals surface area (Å²) < 4.78 is 25.6. The largest absolute Gasteiger partial charge is 0.383 e. The number of unbranched alkanes of at least 4 members (excludes halogenated alkanes) is 1. The van der Waals surface area contributed by atoms with E-state index in [1.807, 2.05) is 0 Å². The maximum absolute atomic E-state index is 12.0. The number of piperidine rings is 1. The van der Waals surface area contributed by atoms with E-state index < -0.39 is 9.84 Å². The topological polar surface area (TPSA) is 102 Å². The molecule has 0 spiro atoms. The molecule has 1 aromatic rings. The van der Waals surface area contributed by atoms with Gasteiger partial charge in [-0.1, -0.05) is 13.3 Å². The van der Waals surface area contributed by atoms with E-state index in [9.17, 15) is 8.42 Å². The van der Waals surface area contributed by atoms with Crippen molar-refractivity contribution in [2.24, 2.45) is 0 Å². The number of nitrogens with one attached hydrogen (secondary N) is 2. The molecule has 0 unspecified atom stereocenters. The van der Waals surface area contributed by atoms with Crippen molar-refractivity contribution >= 4 is 21.5 Å². The number of aryl methyl sites for hydroxylation is 1. The van der Waals surface area contributed by atoms with Crippen LogP contribution in [0.15, 0.2) is 4.90 Å². The Bertz CT molecular complexity index is 576. The average Bonchev–Trinajstić information content (AvgIpc) is 2.73. The standard InChI is InChI=1S/C13H25N5O2S/c1-3-4-9-18-12(14)11(21(2,19)20)13(17-18)16-10-5-7-15-8-6-10/h10,15H,3-9,14H2,1-2H3,(H,16,17). The minimum atomic E-state index is -3.41. The van der Waals surface area contributed by atoms with Gasteiger partial charge in [-0.2, -0.15) is 5.10 Å². The second-order valence-electron chi connectivity index (χ2n) is 5.58. The lowest BCUT2D eigenvalue weighted by molar-refractivity contribution is 0.476. The molecule has 1 saturated heterocycles. The van der Waals surface area contributed by atoms with Crippen LogP contribution in [0.5, 0.6) is 0 Å². The van der Waals surface area contributed by atoms with Gasteiger partial charge in [-0.05, 0) is 32.4 Å². The van der Waals surface area contributed by atoms with Crippen LogP contribution in [0.1, 0.15) is 32.6 Å². The molecule has 7 nitrogen and oxygen atoms in total. The second kappa shape index (κ2) is 6.65. The van der Waals surface area contributed by atoms with Crippen LogP contribution in [0.2, 0.25) is 0 Å². The number of aromatic nitrogens is 2. The smallest absolute Gasteiger partial charge is 0.182 e. The summed E-state index contributed by atoms with van der Waals surface area (Å²) in [4.78, 5) is 0.136. The van der Waals surface area contributed by atoms with Crippen LogP contribution in [0.4, 0.5) is 11.6 Å². The normalized spacial score (nSPS) is 17.0. The fraction of sp³-hybridized carbons (Fsp3) is 0.769. The van der Waals surface area contributed by atoms with Crippen LogP contribution in [-0.2, 0) is 16.4 Å². The third-order valence-corrected chi connectivity index (χ3v) is 4.86. The van der Waals surface area contributed by atoms with Crippen LogP contribution < -0.4 is 16.4 Å². The molecule has 1 aliphatic rings. The van der Waals surface area contributed by atoms with Gasteiger partial charge >= 0.3 is 0 Å². The van der Waals surface area contributed by atoms with Crippen molar-refractivity contribution in [1.29, 1.82) is 0 Å². The first-order valence-electron chi connectivity index (χ1n) is 7.47. The van der Waals surface area contributed by atoms with Gasteiger partial charge in [-0.15, -0.1) is 0 Å². The molecule has 21 heavy (non-hydrogen) atoms. The highest BCUT2D eigenvalue weighted by atomic mass is 32.2. The van der Waals surface area contributed by atoms with Crippen molar-refractivity contribution in [2.45, 2.75) is 50.1 Å². The zero-order valence-electron chi connectivity index (χ0n) is 12.7. The van der Waals surface area contributed by atoms with Gasteiger partial charge < -0.3 is 16.4 Å². The number of hydrogen-bond acceptors (Lipinski definition) is 6. The molecule has 8 heteroatoms. The minimum absolute atomic E-state index is 0.136. The van der Waals surface area contributed by atoms with Gasteiger partial charge in [-0.3, -0.25) is 0 Å². The van der Waals surface area contributed by atoms with Crippen molar-refractivity contribution in [3.05, 3.63) is 0 Å². The molecule has 0 atom stereocenters. The summed E-state index contributed by atoms with van der Waals surface area (Å²) in [5.41, 5.74) is 6.01. The van der Waals surface area contributed by atoms with Gasteiger partial charge in [0.05, 0.1) is 0 Å². The molecule has 0 saturated carbocycles. The van der Waals surface area contributed by atoms with Crippen LogP contribution in [0.3, 0.4) is 0 Å². The Hall–Kier alpha value is -1.28. The van der Waals surface area contributed by atoms with E-state index in [-0.39, 0.29) is 16.8 Å². The number of rotatable bonds is 6. The van der Waals surface area contributed by atoms with Crippen LogP contribution >= 0.6 is 0 Å². The summed E-state index contributed by atoms with van der Waals surface area (Å²) in [5, 5.41) is 10.9. The third kappa shape index (κ3) is 3.88. The van der Waals surface area contributed by atoms with Gasteiger partial charge in [-0.25, -0.2) is 13.1 Å². The highest BCUT2D eigenvalue weighted by Gasteiger charge is 2.26. The molecule has 2 heterocycles. The van der Waals surface area contributed by atoms with E-state index in [0.717, 1.165) is 38.8 Å². The molecule has 0 aromatic carbocycles. The summed E-state index contributed by atoms with van der Waals surface area (Å²) in [7, 11) is -3.41. The fourth-order valence-electron chi connectivity index (χ4n) is 2.56. The monoisotopic (exact) mass is 315 g/mol. The molecular weight excluding hydrogens is 290 g/mol. The Morgan fingerprint density at radius 2 is 2.10 bits per heavy atom. The van der Waals surface area contributed by atoms with E-state index in [1.165, 1.54) is 6.26 Å². The first-order chi connectivity index (χ1) is 9.93. The molecule has 0 aliphatic carbocycles. The van der Waals surface area contributed by atoms with Gasteiger partial charge in [0.2, 0.25) is 0 Å². The van der Waals surface area contributed by atoms with Crippen LogP contribution in [0, 0.1) is 0 Å². The van der Waals surface area contributed by atoms with Gasteiger partial charge in [0.25, 0.3) is 0 Å². The Kier molecular flexibility index (Phi) is 5.10. The second-order valence-corrected chi connectivity index (χ2v) is 7.53. The minimum Gasteiger partial charge on any atom is -0.383 e. The summed E-state index contributed by atoms with van der Waals surface area (Å²) in [6.07, 6.45) is 5.00. The Morgan fingerprint density at radius 3 is 2.67 bits per heavy atom. The maximum Gasteiger partial charge on any atom is 0.182 e. The number of nitrogen functional groups attached to an aromatic ring is 1. The molecule has 0 bridgehead atoms. The number of hydrogen-bond donors (Lipinski definition) is 3. The van der Waals surface area contributed by atoms with E-state index in [4.69, 9.17) is 5.73 Å². The SMILES string of the molecule is CCCCn1nc(NC2CCNCC2)c(S(C)(=O)=O)c1N. The number of nitrogens with zero attached hydrogens (tertiary/aromatic N) is 2. The van der Waals surface area contributed by atoms with Crippen molar-refractivity contribution in [1.82, 2.24) is 15.1 Å². The molecule has 1 aliphatic heterocycles. The molecule has 1 aromatic heterocycles. The quantitative estimate of drug-likeness (QED) is 0.719. The lowest BCUT2D eigenvalue weighted by Crippen LogP contribution is -2.35. The van der Waals surface area contributed by atoms with Crippen molar-refractivity contribution in [2.75, 3.05) is 30.4 Å². The molecule has 1 fully saturated rings. The average molecular weight is 315 g/mol. The zero-order valence-corrected chi connectivity index (χ0v) is 13.5. The predicted molar refractivity (Wildman–Crippen MR) is 84.2 cm³/mol. The Morgan fingerprint density at radius 1 is 1.43 bits per heavy atom. The van der Waals surface area contributed by atoms with Crippen LogP contribution in [-0.4, -0.2) is 43.6 Å². The van der Waals surface area contributed by atoms with Crippen molar-refractivity contribution < 1.29 is 8.42 Å². The first kappa shape index (κ1) is 16.1. The molecule has 120 valence electrons. The molecule has 2 rings (SSSR count). The predicted octanol–water partition coefficient (Wildman–Crippen LogP) is 0.833. The third-order valence-electron chi connectivity index (χ3n) is 3.72. The van der Waals surface area contributed by atoms with Crippen molar-refractivity contribution in [3.63, 3.8) is 0 Å². The number of anilines is 2. The molecular formula is C13H25N5O2S. The molecule has 0 radical (unpaired) electrons. The van der Waals surface area contributed by atoms with Crippen LogP contribution in [0.25, 0.3) is 0 Å². The summed E-state index contributed by atoms with van der Waals surface area (Å²) >= 11 is 0. The van der Waals surface area contributed by atoms with Gasteiger partial charge in [0.15, 0.2) is 20.6 Å². The number of sulfone groups is 1. The van der Waals surface area contributed by atoms with Crippen molar-refractivity contribution in [3.8, 4) is 0 Å². The first-order valence-corrected chi connectivity index (χ1v) is 9.36. The lowest BCUT2D eigenvalue weighted by Gasteiger charge is -2.23. The Balaban J connectivity index is 2.29. The molecule has 0 amide bonds. The summed E-state index contributed by atoms with van der Waals surface area (Å²) in [5.74, 6) is 0.639. The maximum atomic E-state index is 12.0. The van der Waals surface area contributed by atoms with Gasteiger partial charge in [0, 0.05) is 18.8 Å². The summed E-state index contributed by atoms with van der Waals surface area (Å²) in [6.45, 7) is 4.57. The number of nitrogens with two attached hydrogens (primary N) is 1. The highest BCUT2D eigenvalue weighted by Crippen LogP contribution is 2.28. The highest BCUT2D eigenvalue weighted by molar-refractivity contribution is 7.91.